The van der Waals surface area contributed by atoms with Crippen molar-refractivity contribution in [3.05, 3.63) is 65.2 Å². The number of hydrogen-bond acceptors (Lipinski definition) is 3. The molecule has 0 saturated heterocycles. The number of nitrogens with zero attached hydrogens (tertiary/aromatic N) is 4. The van der Waals surface area contributed by atoms with Gasteiger partial charge in [-0.1, -0.05) is 29.8 Å². The second-order valence-corrected chi connectivity index (χ2v) is 5.41. The second-order valence-electron chi connectivity index (χ2n) is 5.00. The second kappa shape index (κ2) is 6.66. The van der Waals surface area contributed by atoms with E-state index >= 15 is 0 Å². The third kappa shape index (κ3) is 3.43. The van der Waals surface area contributed by atoms with Gasteiger partial charge in [0, 0.05) is 24.0 Å². The van der Waals surface area contributed by atoms with E-state index in [-0.39, 0.29) is 5.91 Å². The van der Waals surface area contributed by atoms with Crippen LogP contribution in [0.4, 0.5) is 5.69 Å². The fourth-order valence-corrected chi connectivity index (χ4v) is 2.48. The van der Waals surface area contributed by atoms with Crippen LogP contribution >= 0.6 is 11.6 Å². The van der Waals surface area contributed by atoms with Crippen LogP contribution in [0.5, 0.6) is 0 Å². The van der Waals surface area contributed by atoms with Crippen molar-refractivity contribution in [1.29, 1.82) is 0 Å². The lowest BCUT2D eigenvalue weighted by molar-refractivity contribution is 0.101. The lowest BCUT2D eigenvalue weighted by Crippen LogP contribution is -2.17. The number of aromatic nitrogens is 4. The molecular weight excluding hydrogens is 314 g/mol. The van der Waals surface area contributed by atoms with Crippen LogP contribution < -0.4 is 5.32 Å². The Labute approximate surface area is 138 Å². The van der Waals surface area contributed by atoms with E-state index < -0.39 is 0 Å². The summed E-state index contributed by atoms with van der Waals surface area (Å²) >= 11 is 6.15. The molecule has 0 radical (unpaired) electrons. The molecule has 2 aromatic heterocycles. The quantitative estimate of drug-likeness (QED) is 0.782. The van der Waals surface area contributed by atoms with Crippen LogP contribution in [0.2, 0.25) is 5.02 Å². The molecule has 0 fully saturated rings. The van der Waals surface area contributed by atoms with Gasteiger partial charge in [0.1, 0.15) is 5.69 Å². The minimum Gasteiger partial charge on any atom is -0.318 e. The number of halogens is 1. The third-order valence-electron chi connectivity index (χ3n) is 3.43. The summed E-state index contributed by atoms with van der Waals surface area (Å²) in [6.45, 7) is 3.12. The normalized spacial score (nSPS) is 10.7. The van der Waals surface area contributed by atoms with Crippen LogP contribution in [0.1, 0.15) is 23.0 Å². The minimum absolute atomic E-state index is 0.207. The Morgan fingerprint density at radius 3 is 2.87 bits per heavy atom. The zero-order valence-corrected chi connectivity index (χ0v) is 13.4. The summed E-state index contributed by atoms with van der Waals surface area (Å²) < 4.78 is 3.37. The molecule has 2 heterocycles. The summed E-state index contributed by atoms with van der Waals surface area (Å²) in [5.74, 6) is -0.207. The number of benzene rings is 1. The van der Waals surface area contributed by atoms with Gasteiger partial charge in [0.15, 0.2) is 0 Å². The van der Waals surface area contributed by atoms with Gasteiger partial charge in [0.25, 0.3) is 5.91 Å². The van der Waals surface area contributed by atoms with Crippen LogP contribution in [-0.4, -0.2) is 25.5 Å². The largest absolute Gasteiger partial charge is 0.318 e. The van der Waals surface area contributed by atoms with Crippen molar-refractivity contribution in [1.82, 2.24) is 19.6 Å². The molecule has 0 bridgehead atoms. The first-order chi connectivity index (χ1) is 11.2. The molecule has 23 heavy (non-hydrogen) atoms. The fourth-order valence-electron chi connectivity index (χ4n) is 2.29. The predicted molar refractivity (Wildman–Crippen MR) is 88.6 cm³/mol. The van der Waals surface area contributed by atoms with Gasteiger partial charge in [-0.05, 0) is 24.6 Å². The summed E-state index contributed by atoms with van der Waals surface area (Å²) in [6.07, 6.45) is 4.99. The summed E-state index contributed by atoms with van der Waals surface area (Å²) in [5.41, 5.74) is 2.12. The van der Waals surface area contributed by atoms with E-state index in [1.165, 1.54) is 0 Å². The topological polar surface area (TPSA) is 64.7 Å². The standard InChI is InChI=1S/C16H16ClN5O/c1-2-22-15(7-8-18-22)16(23)20-13-9-19-21(11-13)10-12-5-3-4-6-14(12)17/h3-9,11H,2,10H2,1H3,(H,20,23). The number of rotatable bonds is 5. The average Bonchev–Trinajstić information content (AvgIpc) is 3.18. The van der Waals surface area contributed by atoms with Gasteiger partial charge in [0.2, 0.25) is 0 Å². The highest BCUT2D eigenvalue weighted by Crippen LogP contribution is 2.17. The third-order valence-corrected chi connectivity index (χ3v) is 3.80. The molecule has 6 nitrogen and oxygen atoms in total. The van der Waals surface area contributed by atoms with E-state index in [0.29, 0.717) is 29.5 Å². The van der Waals surface area contributed by atoms with Crippen molar-refractivity contribution in [3.8, 4) is 0 Å². The highest BCUT2D eigenvalue weighted by molar-refractivity contribution is 6.31. The van der Waals surface area contributed by atoms with Crippen molar-refractivity contribution in [2.45, 2.75) is 20.0 Å². The van der Waals surface area contributed by atoms with Gasteiger partial charge in [-0.25, -0.2) is 0 Å². The molecule has 0 aliphatic heterocycles. The van der Waals surface area contributed by atoms with Gasteiger partial charge in [0.05, 0.1) is 18.4 Å². The zero-order chi connectivity index (χ0) is 16.2. The Hall–Kier alpha value is -2.60. The number of nitrogens with one attached hydrogen (secondary N) is 1. The molecule has 1 N–H and O–H groups in total. The molecule has 0 aliphatic rings. The molecule has 0 spiro atoms. The van der Waals surface area contributed by atoms with E-state index in [4.69, 9.17) is 11.6 Å². The van der Waals surface area contributed by atoms with Crippen LogP contribution in [0.15, 0.2) is 48.9 Å². The molecule has 3 rings (SSSR count). The van der Waals surface area contributed by atoms with Crippen LogP contribution in [0.25, 0.3) is 0 Å². The average molecular weight is 330 g/mol. The predicted octanol–water partition coefficient (Wildman–Crippen LogP) is 3.05. The van der Waals surface area contributed by atoms with Crippen LogP contribution in [0.3, 0.4) is 0 Å². The Bertz CT molecular complexity index is 823. The first-order valence-corrected chi connectivity index (χ1v) is 7.64. The van der Waals surface area contributed by atoms with E-state index in [1.807, 2.05) is 31.2 Å². The van der Waals surface area contributed by atoms with E-state index in [0.717, 1.165) is 5.56 Å². The Morgan fingerprint density at radius 2 is 2.09 bits per heavy atom. The van der Waals surface area contributed by atoms with Crippen LogP contribution in [-0.2, 0) is 13.1 Å². The van der Waals surface area contributed by atoms with E-state index in [9.17, 15) is 4.79 Å². The molecule has 7 heteroatoms. The highest BCUT2D eigenvalue weighted by Gasteiger charge is 2.12. The molecule has 0 saturated carbocycles. The van der Waals surface area contributed by atoms with Gasteiger partial charge < -0.3 is 5.32 Å². The molecule has 0 aliphatic carbocycles. The summed E-state index contributed by atoms with van der Waals surface area (Å²) in [4.78, 5) is 12.2. The molecule has 3 aromatic rings. The summed E-state index contributed by atoms with van der Waals surface area (Å²) in [6, 6.07) is 9.29. The van der Waals surface area contributed by atoms with Gasteiger partial charge in [-0.3, -0.25) is 14.2 Å². The maximum Gasteiger partial charge on any atom is 0.274 e. The smallest absolute Gasteiger partial charge is 0.274 e. The number of anilines is 1. The van der Waals surface area contributed by atoms with Crippen molar-refractivity contribution in [2.75, 3.05) is 5.32 Å². The lowest BCUT2D eigenvalue weighted by Gasteiger charge is -2.05. The zero-order valence-electron chi connectivity index (χ0n) is 12.6. The van der Waals surface area contributed by atoms with Crippen molar-refractivity contribution in [2.24, 2.45) is 0 Å². The number of hydrogen-bond donors (Lipinski definition) is 1. The SMILES string of the molecule is CCn1nccc1C(=O)Nc1cnn(Cc2ccccc2Cl)c1. The maximum atomic E-state index is 12.2. The molecule has 1 amide bonds. The highest BCUT2D eigenvalue weighted by atomic mass is 35.5. The fraction of sp³-hybridized carbons (Fsp3) is 0.188. The Kier molecular flexibility index (Phi) is 4.43. The van der Waals surface area contributed by atoms with Crippen LogP contribution in [0, 0.1) is 0 Å². The number of carbonyl (C=O) groups is 1. The summed E-state index contributed by atoms with van der Waals surface area (Å²) in [5, 5.41) is 11.9. The van der Waals surface area contributed by atoms with Gasteiger partial charge >= 0.3 is 0 Å². The maximum absolute atomic E-state index is 12.2. The number of amides is 1. The molecule has 118 valence electrons. The first-order valence-electron chi connectivity index (χ1n) is 7.26. The Balaban J connectivity index is 1.70. The van der Waals surface area contributed by atoms with Gasteiger partial charge in [-0.2, -0.15) is 10.2 Å². The van der Waals surface area contributed by atoms with Crippen molar-refractivity contribution in [3.63, 3.8) is 0 Å². The Morgan fingerprint density at radius 1 is 1.26 bits per heavy atom. The van der Waals surface area contributed by atoms with Crippen molar-refractivity contribution < 1.29 is 4.79 Å². The van der Waals surface area contributed by atoms with E-state index in [1.54, 1.807) is 34.0 Å². The lowest BCUT2D eigenvalue weighted by atomic mass is 10.2. The van der Waals surface area contributed by atoms with Gasteiger partial charge in [-0.15, -0.1) is 0 Å². The number of carbonyl (C=O) groups excluding carboxylic acids is 1. The molecular formula is C16H16ClN5O. The van der Waals surface area contributed by atoms with E-state index in [2.05, 4.69) is 15.5 Å². The number of aryl methyl sites for hydroxylation is 1. The minimum atomic E-state index is -0.207. The molecule has 0 atom stereocenters. The molecule has 1 aromatic carbocycles. The van der Waals surface area contributed by atoms with Crippen molar-refractivity contribution >= 4 is 23.2 Å². The molecule has 0 unspecified atom stereocenters. The first kappa shape index (κ1) is 15.3. The monoisotopic (exact) mass is 329 g/mol. The summed E-state index contributed by atoms with van der Waals surface area (Å²) in [7, 11) is 0.